The average Bonchev–Trinajstić information content (AvgIpc) is 2.43. The molecule has 7 nitrogen and oxygen atoms in total. The molecule has 2 rings (SSSR count). The normalized spacial score (nSPS) is 18.2. The average molecular weight is 300 g/mol. The lowest BCUT2D eigenvalue weighted by atomic mass is 10.2. The molecule has 0 saturated carbocycles. The fraction of sp³-hybridized carbons (Fsp3) is 0.417. The van der Waals surface area contributed by atoms with E-state index < -0.39 is 22.3 Å². The van der Waals surface area contributed by atoms with Crippen LogP contribution < -0.4 is 13.8 Å². The Hall–Kier alpha value is -1.80. The van der Waals surface area contributed by atoms with Gasteiger partial charge in [0.1, 0.15) is 5.75 Å². The molecule has 0 spiro atoms. The number of para-hydroxylation sites is 2. The number of hydrogen-bond acceptors (Lipinski definition) is 4. The van der Waals surface area contributed by atoms with E-state index >= 15 is 0 Å². The molecule has 1 heterocycles. The van der Waals surface area contributed by atoms with Gasteiger partial charge in [0.25, 0.3) is 0 Å². The summed E-state index contributed by atoms with van der Waals surface area (Å²) in [6.45, 7) is 1.88. The Morgan fingerprint density at radius 3 is 2.85 bits per heavy atom. The zero-order valence-corrected chi connectivity index (χ0v) is 11.8. The first-order valence-corrected chi connectivity index (χ1v) is 7.65. The van der Waals surface area contributed by atoms with Crippen LogP contribution in [0.25, 0.3) is 0 Å². The lowest BCUT2D eigenvalue weighted by Crippen LogP contribution is -2.50. The van der Waals surface area contributed by atoms with Gasteiger partial charge in [0, 0.05) is 6.54 Å². The zero-order chi connectivity index (χ0) is 14.8. The van der Waals surface area contributed by atoms with Crippen LogP contribution in [0.1, 0.15) is 13.3 Å². The van der Waals surface area contributed by atoms with Crippen molar-refractivity contribution in [1.29, 1.82) is 0 Å². The van der Waals surface area contributed by atoms with E-state index in [9.17, 15) is 13.2 Å². The third kappa shape index (κ3) is 2.86. The van der Waals surface area contributed by atoms with E-state index in [-0.39, 0.29) is 12.3 Å². The van der Waals surface area contributed by atoms with E-state index in [1.54, 1.807) is 24.3 Å². The number of rotatable bonds is 5. The van der Waals surface area contributed by atoms with Crippen LogP contribution in [0.4, 0.5) is 5.69 Å². The Balaban J connectivity index is 2.38. The highest BCUT2D eigenvalue weighted by Gasteiger charge is 2.36. The predicted octanol–water partition coefficient (Wildman–Crippen LogP) is 0.583. The molecule has 1 unspecified atom stereocenters. The minimum atomic E-state index is -3.79. The lowest BCUT2D eigenvalue weighted by Gasteiger charge is -2.33. The van der Waals surface area contributed by atoms with Crippen molar-refractivity contribution in [1.82, 2.24) is 4.72 Å². The summed E-state index contributed by atoms with van der Waals surface area (Å²) >= 11 is 0. The van der Waals surface area contributed by atoms with Crippen molar-refractivity contribution in [2.24, 2.45) is 0 Å². The van der Waals surface area contributed by atoms with E-state index in [2.05, 4.69) is 4.72 Å². The summed E-state index contributed by atoms with van der Waals surface area (Å²) in [6, 6.07) is 6.46. The second-order valence-electron chi connectivity index (χ2n) is 4.34. The van der Waals surface area contributed by atoms with Gasteiger partial charge in [0.05, 0.1) is 12.2 Å². The van der Waals surface area contributed by atoms with Gasteiger partial charge in [0.2, 0.25) is 6.10 Å². The first-order chi connectivity index (χ1) is 9.45. The molecule has 0 aliphatic carbocycles. The Bertz CT molecular complexity index is 602. The van der Waals surface area contributed by atoms with Gasteiger partial charge in [-0.05, 0) is 18.6 Å². The van der Waals surface area contributed by atoms with Crippen molar-refractivity contribution in [2.45, 2.75) is 19.4 Å². The number of carboxylic acid groups (broad SMARTS) is 1. The summed E-state index contributed by atoms with van der Waals surface area (Å²) in [5.74, 6) is -0.955. The Labute approximate surface area is 117 Å². The molecule has 110 valence electrons. The van der Waals surface area contributed by atoms with Gasteiger partial charge in [-0.3, -0.25) is 0 Å². The molecule has 8 heteroatoms. The topological polar surface area (TPSA) is 95.9 Å². The summed E-state index contributed by atoms with van der Waals surface area (Å²) in [5.41, 5.74) is 0.341. The monoisotopic (exact) mass is 300 g/mol. The summed E-state index contributed by atoms with van der Waals surface area (Å²) in [7, 11) is -3.79. The Kier molecular flexibility index (Phi) is 4.15. The minimum Gasteiger partial charge on any atom is -0.478 e. The van der Waals surface area contributed by atoms with Crippen molar-refractivity contribution >= 4 is 21.9 Å². The van der Waals surface area contributed by atoms with Gasteiger partial charge in [-0.2, -0.15) is 13.1 Å². The molecule has 0 bridgehead atoms. The second-order valence-corrected chi connectivity index (χ2v) is 6.02. The number of hydrogen-bond donors (Lipinski definition) is 2. The summed E-state index contributed by atoms with van der Waals surface area (Å²) in [4.78, 5) is 11.1. The number of benzene rings is 1. The number of nitrogens with one attached hydrogen (secondary N) is 1. The Morgan fingerprint density at radius 1 is 1.50 bits per heavy atom. The van der Waals surface area contributed by atoms with Crippen LogP contribution in [-0.2, 0) is 15.0 Å². The van der Waals surface area contributed by atoms with Gasteiger partial charge in [-0.1, -0.05) is 19.1 Å². The fourth-order valence-electron chi connectivity index (χ4n) is 1.87. The fourth-order valence-corrected chi connectivity index (χ4v) is 3.23. The third-order valence-corrected chi connectivity index (χ3v) is 4.33. The van der Waals surface area contributed by atoms with E-state index in [4.69, 9.17) is 9.84 Å². The summed E-state index contributed by atoms with van der Waals surface area (Å²) in [5, 5.41) is 9.06. The van der Waals surface area contributed by atoms with Crippen LogP contribution in [0, 0.1) is 0 Å². The van der Waals surface area contributed by atoms with Crippen molar-refractivity contribution in [2.75, 3.05) is 17.4 Å². The van der Waals surface area contributed by atoms with Crippen molar-refractivity contribution in [3.05, 3.63) is 24.3 Å². The number of ether oxygens (including phenoxy) is 1. The molecule has 20 heavy (non-hydrogen) atoms. The molecule has 1 aliphatic rings. The van der Waals surface area contributed by atoms with E-state index in [1.165, 1.54) is 0 Å². The molecule has 0 amide bonds. The molecule has 1 aliphatic heterocycles. The first-order valence-electron chi connectivity index (χ1n) is 6.21. The minimum absolute atomic E-state index is 0.244. The molecule has 0 radical (unpaired) electrons. The molecular weight excluding hydrogens is 284 g/mol. The summed E-state index contributed by atoms with van der Waals surface area (Å²) in [6.07, 6.45) is -0.573. The highest BCUT2D eigenvalue weighted by molar-refractivity contribution is 7.90. The predicted molar refractivity (Wildman–Crippen MR) is 73.1 cm³/mol. The molecule has 1 aromatic carbocycles. The lowest BCUT2D eigenvalue weighted by molar-refractivity contribution is -0.144. The number of carbonyl (C=O) groups is 1. The number of fused-ring (bicyclic) bond motifs is 1. The van der Waals surface area contributed by atoms with Gasteiger partial charge in [-0.15, -0.1) is 0 Å². The van der Waals surface area contributed by atoms with Crippen LogP contribution >= 0.6 is 0 Å². The molecule has 0 aromatic heterocycles. The third-order valence-electron chi connectivity index (χ3n) is 2.83. The number of nitrogens with zero attached hydrogens (tertiary/aromatic N) is 1. The largest absolute Gasteiger partial charge is 0.478 e. The van der Waals surface area contributed by atoms with Crippen molar-refractivity contribution in [3.8, 4) is 5.75 Å². The standard InChI is InChI=1S/C12H16N2O5S/c1-2-7-13-20(17,18)14-8-11(12(15)16)19-10-6-4-3-5-9(10)14/h3-6,11,13H,2,7-8H2,1H3,(H,15,16). The van der Waals surface area contributed by atoms with Gasteiger partial charge in [-0.25, -0.2) is 9.10 Å². The van der Waals surface area contributed by atoms with Crippen LogP contribution in [0.5, 0.6) is 5.75 Å². The van der Waals surface area contributed by atoms with Crippen LogP contribution in [0.15, 0.2) is 24.3 Å². The number of carboxylic acids is 1. The van der Waals surface area contributed by atoms with E-state index in [1.807, 2.05) is 6.92 Å². The van der Waals surface area contributed by atoms with Gasteiger partial charge in [0.15, 0.2) is 0 Å². The zero-order valence-electron chi connectivity index (χ0n) is 10.9. The molecule has 2 N–H and O–H groups in total. The van der Waals surface area contributed by atoms with E-state index in [0.717, 1.165) is 4.31 Å². The van der Waals surface area contributed by atoms with E-state index in [0.29, 0.717) is 18.7 Å². The first kappa shape index (κ1) is 14.6. The number of anilines is 1. The maximum Gasteiger partial charge on any atom is 0.346 e. The van der Waals surface area contributed by atoms with Crippen molar-refractivity contribution < 1.29 is 23.1 Å². The Morgan fingerprint density at radius 2 is 2.20 bits per heavy atom. The smallest absolute Gasteiger partial charge is 0.346 e. The van der Waals surface area contributed by atoms with Gasteiger partial charge >= 0.3 is 16.2 Å². The summed E-state index contributed by atoms with van der Waals surface area (Å²) < 4.78 is 33.2. The van der Waals surface area contributed by atoms with Crippen molar-refractivity contribution in [3.63, 3.8) is 0 Å². The van der Waals surface area contributed by atoms with Crippen LogP contribution in [0.2, 0.25) is 0 Å². The van der Waals surface area contributed by atoms with Gasteiger partial charge < -0.3 is 9.84 Å². The second kappa shape index (κ2) is 5.68. The molecular formula is C12H16N2O5S. The molecule has 0 saturated heterocycles. The highest BCUT2D eigenvalue weighted by Crippen LogP contribution is 2.34. The maximum absolute atomic E-state index is 12.2. The molecule has 0 fully saturated rings. The SMILES string of the molecule is CCCNS(=O)(=O)N1CC(C(=O)O)Oc2ccccc21. The number of aliphatic carboxylic acids is 1. The van der Waals surface area contributed by atoms with Crippen LogP contribution in [0.3, 0.4) is 0 Å². The molecule has 1 aromatic rings. The van der Waals surface area contributed by atoms with Crippen LogP contribution in [-0.4, -0.2) is 38.7 Å². The maximum atomic E-state index is 12.2. The highest BCUT2D eigenvalue weighted by atomic mass is 32.2. The molecule has 1 atom stereocenters. The quantitative estimate of drug-likeness (QED) is 0.829.